The molecule has 1 heterocycles. The van der Waals surface area contributed by atoms with Crippen molar-refractivity contribution in [2.45, 2.75) is 6.61 Å². The maximum atomic E-state index is 12.2. The van der Waals surface area contributed by atoms with Crippen LogP contribution in [0.25, 0.3) is 0 Å². The van der Waals surface area contributed by atoms with E-state index in [2.05, 4.69) is 10.8 Å². The van der Waals surface area contributed by atoms with Gasteiger partial charge in [-0.15, -0.1) is 11.3 Å². The molecule has 2 amide bonds. The van der Waals surface area contributed by atoms with Crippen LogP contribution in [0.1, 0.15) is 25.6 Å². The molecule has 0 spiro atoms. The molecule has 0 aliphatic rings. The van der Waals surface area contributed by atoms with Crippen LogP contribution in [-0.2, 0) is 11.4 Å². The third kappa shape index (κ3) is 4.76. The zero-order valence-corrected chi connectivity index (χ0v) is 14.1. The molecule has 6 heteroatoms. The van der Waals surface area contributed by atoms with Crippen LogP contribution in [0.15, 0.2) is 72.1 Å². The van der Waals surface area contributed by atoms with Crippen LogP contribution in [0.2, 0.25) is 0 Å². The molecule has 0 atom stereocenters. The minimum atomic E-state index is -0.372. The lowest BCUT2D eigenvalue weighted by atomic mass is 10.2. The van der Waals surface area contributed by atoms with Gasteiger partial charge in [0.25, 0.3) is 11.8 Å². The van der Waals surface area contributed by atoms with Crippen LogP contribution in [-0.4, -0.2) is 11.8 Å². The number of hydrogen-bond acceptors (Lipinski definition) is 4. The lowest BCUT2D eigenvalue weighted by Gasteiger charge is -2.08. The Morgan fingerprint density at radius 1 is 0.920 bits per heavy atom. The summed E-state index contributed by atoms with van der Waals surface area (Å²) >= 11 is 1.36. The first-order valence-electron chi connectivity index (χ1n) is 7.63. The van der Waals surface area contributed by atoms with Crippen molar-refractivity contribution < 1.29 is 14.4 Å². The van der Waals surface area contributed by atoms with Crippen molar-refractivity contribution in [1.82, 2.24) is 5.48 Å². The van der Waals surface area contributed by atoms with E-state index in [1.54, 1.807) is 30.3 Å². The number of anilines is 1. The minimum Gasteiger partial charge on any atom is -0.321 e. The summed E-state index contributed by atoms with van der Waals surface area (Å²) in [6, 6.07) is 19.8. The van der Waals surface area contributed by atoms with Crippen LogP contribution in [0.5, 0.6) is 0 Å². The molecule has 0 aliphatic carbocycles. The lowest BCUT2D eigenvalue weighted by Crippen LogP contribution is -2.23. The summed E-state index contributed by atoms with van der Waals surface area (Å²) in [6.07, 6.45) is 0. The Balaban J connectivity index is 1.57. The Bertz CT molecular complexity index is 848. The van der Waals surface area contributed by atoms with Gasteiger partial charge in [-0.05, 0) is 35.2 Å². The molecule has 0 radical (unpaired) electrons. The van der Waals surface area contributed by atoms with Crippen molar-refractivity contribution in [1.29, 1.82) is 0 Å². The third-order valence-electron chi connectivity index (χ3n) is 3.37. The molecule has 25 heavy (non-hydrogen) atoms. The molecule has 2 N–H and O–H groups in total. The third-order valence-corrected chi connectivity index (χ3v) is 4.24. The highest BCUT2D eigenvalue weighted by molar-refractivity contribution is 7.12. The van der Waals surface area contributed by atoms with Gasteiger partial charge in [0.15, 0.2) is 0 Å². The molecule has 3 rings (SSSR count). The molecule has 1 aromatic heterocycles. The first-order valence-corrected chi connectivity index (χ1v) is 8.51. The van der Waals surface area contributed by atoms with Gasteiger partial charge in [0.1, 0.15) is 0 Å². The summed E-state index contributed by atoms with van der Waals surface area (Å²) in [5.41, 5.74) is 4.31. The summed E-state index contributed by atoms with van der Waals surface area (Å²) < 4.78 is 0. The Kier molecular flexibility index (Phi) is 5.56. The number of benzene rings is 2. The predicted octanol–water partition coefficient (Wildman–Crippen LogP) is 3.86. The summed E-state index contributed by atoms with van der Waals surface area (Å²) in [5, 5.41) is 4.61. The first kappa shape index (κ1) is 16.9. The van der Waals surface area contributed by atoms with Gasteiger partial charge in [-0.2, -0.15) is 0 Å². The van der Waals surface area contributed by atoms with Crippen LogP contribution in [0.3, 0.4) is 0 Å². The molecule has 0 unspecified atom stereocenters. The van der Waals surface area contributed by atoms with Gasteiger partial charge < -0.3 is 5.32 Å². The molecule has 0 fully saturated rings. The predicted molar refractivity (Wildman–Crippen MR) is 97.4 cm³/mol. The Labute approximate surface area is 149 Å². The number of hydroxylamine groups is 1. The van der Waals surface area contributed by atoms with E-state index < -0.39 is 0 Å². The van der Waals surface area contributed by atoms with Gasteiger partial charge in [-0.1, -0.05) is 42.5 Å². The fourth-order valence-electron chi connectivity index (χ4n) is 2.16. The molecule has 0 saturated carbocycles. The van der Waals surface area contributed by atoms with Crippen LogP contribution >= 0.6 is 11.3 Å². The number of carbonyl (C=O) groups excluding carboxylic acids is 2. The molecule has 0 aliphatic heterocycles. The van der Waals surface area contributed by atoms with E-state index in [9.17, 15) is 9.59 Å². The monoisotopic (exact) mass is 352 g/mol. The average molecular weight is 352 g/mol. The van der Waals surface area contributed by atoms with Gasteiger partial charge in [-0.25, -0.2) is 5.48 Å². The van der Waals surface area contributed by atoms with Gasteiger partial charge in [0.05, 0.1) is 11.5 Å². The SMILES string of the molecule is O=C(NOCc1ccccc1)c1cccc(NC(=O)c2cccs2)c1. The quantitative estimate of drug-likeness (QED) is 0.662. The van der Waals surface area contributed by atoms with Gasteiger partial charge in [0, 0.05) is 11.3 Å². The highest BCUT2D eigenvalue weighted by Crippen LogP contribution is 2.15. The molecule has 3 aromatic rings. The fourth-order valence-corrected chi connectivity index (χ4v) is 2.78. The molecule has 0 saturated heterocycles. The number of nitrogens with one attached hydrogen (secondary N) is 2. The van der Waals surface area contributed by atoms with Gasteiger partial charge >= 0.3 is 0 Å². The Morgan fingerprint density at radius 3 is 2.52 bits per heavy atom. The number of carbonyl (C=O) groups is 2. The normalized spacial score (nSPS) is 10.2. The van der Waals surface area contributed by atoms with E-state index in [1.807, 2.05) is 41.8 Å². The van der Waals surface area contributed by atoms with Crippen molar-refractivity contribution in [2.75, 3.05) is 5.32 Å². The first-order chi connectivity index (χ1) is 12.2. The maximum absolute atomic E-state index is 12.2. The van der Waals surface area contributed by atoms with E-state index in [-0.39, 0.29) is 18.4 Å². The van der Waals surface area contributed by atoms with Crippen molar-refractivity contribution in [3.05, 3.63) is 88.1 Å². The standard InChI is InChI=1S/C19H16N2O3S/c22-18(21-24-13-14-6-2-1-3-7-14)15-8-4-9-16(12-15)20-19(23)17-10-5-11-25-17/h1-12H,13H2,(H,20,23)(H,21,22). The zero-order valence-electron chi connectivity index (χ0n) is 13.3. The van der Waals surface area contributed by atoms with Crippen molar-refractivity contribution in [2.24, 2.45) is 0 Å². The maximum Gasteiger partial charge on any atom is 0.274 e. The molecule has 5 nitrogen and oxygen atoms in total. The molecular weight excluding hydrogens is 336 g/mol. The van der Waals surface area contributed by atoms with Crippen molar-refractivity contribution >= 4 is 28.8 Å². The topological polar surface area (TPSA) is 67.4 Å². The smallest absolute Gasteiger partial charge is 0.274 e. The van der Waals surface area contributed by atoms with Gasteiger partial charge in [-0.3, -0.25) is 14.4 Å². The second-order valence-corrected chi connectivity index (χ2v) is 6.17. The minimum absolute atomic E-state index is 0.201. The number of amides is 2. The number of thiophene rings is 1. The summed E-state index contributed by atoms with van der Waals surface area (Å²) in [7, 11) is 0. The van der Waals surface area contributed by atoms with E-state index in [1.165, 1.54) is 11.3 Å². The largest absolute Gasteiger partial charge is 0.321 e. The van der Waals surface area contributed by atoms with Crippen molar-refractivity contribution in [3.8, 4) is 0 Å². The fraction of sp³-hybridized carbons (Fsp3) is 0.0526. The van der Waals surface area contributed by atoms with Crippen molar-refractivity contribution in [3.63, 3.8) is 0 Å². The second-order valence-electron chi connectivity index (χ2n) is 5.22. The van der Waals surface area contributed by atoms with E-state index in [0.29, 0.717) is 16.1 Å². The van der Waals surface area contributed by atoms with Crippen LogP contribution in [0, 0.1) is 0 Å². The Morgan fingerprint density at radius 2 is 1.76 bits per heavy atom. The van der Waals surface area contributed by atoms with E-state index in [0.717, 1.165) is 5.56 Å². The summed E-state index contributed by atoms with van der Waals surface area (Å²) in [5.74, 6) is -0.573. The summed E-state index contributed by atoms with van der Waals surface area (Å²) in [6.45, 7) is 0.279. The highest BCUT2D eigenvalue weighted by Gasteiger charge is 2.10. The number of hydrogen-bond donors (Lipinski definition) is 2. The lowest BCUT2D eigenvalue weighted by molar-refractivity contribution is 0.0233. The molecule has 0 bridgehead atoms. The highest BCUT2D eigenvalue weighted by atomic mass is 32.1. The zero-order chi connectivity index (χ0) is 17.5. The molecule has 126 valence electrons. The molecule has 2 aromatic carbocycles. The second kappa shape index (κ2) is 8.23. The van der Waals surface area contributed by atoms with Gasteiger partial charge in [0.2, 0.25) is 0 Å². The summed E-state index contributed by atoms with van der Waals surface area (Å²) in [4.78, 5) is 30.1. The van der Waals surface area contributed by atoms with Crippen LogP contribution < -0.4 is 10.8 Å². The van der Waals surface area contributed by atoms with Crippen LogP contribution in [0.4, 0.5) is 5.69 Å². The molecular formula is C19H16N2O3S. The van der Waals surface area contributed by atoms with E-state index >= 15 is 0 Å². The average Bonchev–Trinajstić information content (AvgIpc) is 3.18. The van der Waals surface area contributed by atoms with E-state index in [4.69, 9.17) is 4.84 Å². The number of rotatable bonds is 6. The Hall–Kier alpha value is -2.96.